The van der Waals surface area contributed by atoms with Crippen molar-refractivity contribution in [1.29, 1.82) is 0 Å². The molecule has 0 saturated carbocycles. The normalized spacial score (nSPS) is 12.1. The third kappa shape index (κ3) is 5.64. The summed E-state index contributed by atoms with van der Waals surface area (Å²) in [6.07, 6.45) is 0. The first kappa shape index (κ1) is 35.5. The van der Waals surface area contributed by atoms with Gasteiger partial charge in [0.25, 0.3) is 0 Å². The molecule has 0 radical (unpaired) electrons. The molecule has 0 aromatic heterocycles. The van der Waals surface area contributed by atoms with Crippen LogP contribution >= 0.6 is 0 Å². The molecule has 1 nitrogen and oxygen atoms in total. The van der Waals surface area contributed by atoms with Crippen molar-refractivity contribution >= 4 is 70.9 Å². The van der Waals surface area contributed by atoms with Crippen LogP contribution in [-0.2, 0) is 0 Å². The van der Waals surface area contributed by atoms with Gasteiger partial charge in [-0.15, -0.1) is 0 Å². The summed E-state index contributed by atoms with van der Waals surface area (Å²) in [5.41, 5.74) is 15.6. The summed E-state index contributed by atoms with van der Waals surface area (Å²) in [5, 5.41) is 12.7. The molecule has 1 heterocycles. The van der Waals surface area contributed by atoms with E-state index in [4.69, 9.17) is 0 Å². The number of fused-ring (bicyclic) bond motifs is 13. The first-order chi connectivity index (χ1) is 31.2. The van der Waals surface area contributed by atoms with E-state index in [0.717, 1.165) is 11.4 Å². The van der Waals surface area contributed by atoms with E-state index in [1.54, 1.807) is 0 Å². The van der Waals surface area contributed by atoms with Crippen molar-refractivity contribution in [2.45, 2.75) is 0 Å². The Hall–Kier alpha value is -8.26. The van der Waals surface area contributed by atoms with Crippen molar-refractivity contribution in [3.8, 4) is 55.6 Å². The number of hydrogen-bond acceptors (Lipinski definition) is 1. The minimum atomic E-state index is 1.13. The van der Waals surface area contributed by atoms with Gasteiger partial charge in [0.05, 0.1) is 11.4 Å². The zero-order valence-corrected chi connectivity index (χ0v) is 34.5. The molecule has 63 heavy (non-hydrogen) atoms. The fraction of sp³-hybridized carbons (Fsp3) is 0. The summed E-state index contributed by atoms with van der Waals surface area (Å²) in [5.74, 6) is 0. The minimum Gasteiger partial charge on any atom is -0.309 e. The van der Waals surface area contributed by atoms with E-state index < -0.39 is 0 Å². The highest BCUT2D eigenvalue weighted by Gasteiger charge is 2.27. The summed E-state index contributed by atoms with van der Waals surface area (Å²) in [6.45, 7) is 0. The second kappa shape index (κ2) is 14.2. The molecule has 0 N–H and O–H groups in total. The number of benzene rings is 12. The van der Waals surface area contributed by atoms with Crippen LogP contribution in [0.1, 0.15) is 0 Å². The van der Waals surface area contributed by atoms with Crippen molar-refractivity contribution < 1.29 is 0 Å². The van der Waals surface area contributed by atoms with Crippen LogP contribution in [0.4, 0.5) is 17.1 Å². The fourth-order valence-electron chi connectivity index (χ4n) is 10.4. The maximum atomic E-state index is 2.44. The molecule has 0 saturated heterocycles. The lowest BCUT2D eigenvalue weighted by Crippen LogP contribution is -2.10. The van der Waals surface area contributed by atoms with Crippen molar-refractivity contribution in [2.24, 2.45) is 0 Å². The average Bonchev–Trinajstić information content (AvgIpc) is 3.48. The van der Waals surface area contributed by atoms with Crippen molar-refractivity contribution in [3.63, 3.8) is 0 Å². The molecule has 0 bridgehead atoms. The van der Waals surface area contributed by atoms with Gasteiger partial charge in [-0.05, 0) is 147 Å². The Kier molecular flexibility index (Phi) is 7.98. The molecule has 0 fully saturated rings. The van der Waals surface area contributed by atoms with E-state index in [2.05, 4.69) is 241 Å². The Balaban J connectivity index is 1.02. The van der Waals surface area contributed by atoms with Gasteiger partial charge in [0.1, 0.15) is 0 Å². The molecule has 1 aliphatic rings. The summed E-state index contributed by atoms with van der Waals surface area (Å²) in [6, 6.07) is 87.6. The van der Waals surface area contributed by atoms with E-state index in [1.807, 2.05) is 0 Å². The summed E-state index contributed by atoms with van der Waals surface area (Å²) in [7, 11) is 0. The Morgan fingerprint density at radius 1 is 0.206 bits per heavy atom. The van der Waals surface area contributed by atoms with Crippen molar-refractivity contribution in [2.75, 3.05) is 4.90 Å². The molecule has 13 rings (SSSR count). The third-order valence-electron chi connectivity index (χ3n) is 13.4. The van der Waals surface area contributed by atoms with Crippen LogP contribution in [0, 0.1) is 0 Å². The van der Waals surface area contributed by atoms with Gasteiger partial charge in [-0.25, -0.2) is 0 Å². The monoisotopic (exact) mass is 797 g/mol. The average molecular weight is 798 g/mol. The Bertz CT molecular complexity index is 3770. The Morgan fingerprint density at radius 2 is 0.698 bits per heavy atom. The summed E-state index contributed by atoms with van der Waals surface area (Å²) >= 11 is 0. The number of anilines is 3. The molecule has 0 amide bonds. The largest absolute Gasteiger partial charge is 0.309 e. The second-order valence-corrected chi connectivity index (χ2v) is 16.8. The number of hydrogen-bond donors (Lipinski definition) is 0. The topological polar surface area (TPSA) is 3.24 Å². The van der Waals surface area contributed by atoms with E-state index in [0.29, 0.717) is 0 Å². The molecular formula is C62H39N. The molecule has 0 unspecified atom stereocenters. The maximum Gasteiger partial charge on any atom is 0.0540 e. The van der Waals surface area contributed by atoms with Gasteiger partial charge in [0.2, 0.25) is 0 Å². The minimum absolute atomic E-state index is 1.13. The standard InChI is InChI=1S/C62H39N/c1-2-16-46(17-3-1)63-61-27-11-10-22-57(61)56-33-30-43(42-29-28-40-14-4-5-15-41(40)36-42)37-59(56)60-39-45(32-35-62(60)63)48-24-13-25-49-47(23-12-26-50(48)49)44-31-34-55-53-20-7-6-18-51(53)52-19-8-9-21-54(52)58(55)38-44/h1-39H. The SMILES string of the molecule is c1ccc(N2c3ccccc3-c3ccc(-c4ccc5ccccc5c4)cc3-c3cc(-c4cccc5c(-c6ccc7c8ccccc8c8ccccc8c7c6)cccc45)ccc32)cc1. The number of rotatable bonds is 4. The molecule has 292 valence electrons. The van der Waals surface area contributed by atoms with E-state index in [-0.39, 0.29) is 0 Å². The molecule has 0 aliphatic carbocycles. The quantitative estimate of drug-likeness (QED) is 0.160. The highest BCUT2D eigenvalue weighted by Crippen LogP contribution is 2.52. The van der Waals surface area contributed by atoms with Crippen LogP contribution in [0.5, 0.6) is 0 Å². The highest BCUT2D eigenvalue weighted by molar-refractivity contribution is 6.26. The van der Waals surface area contributed by atoms with Gasteiger partial charge in [-0.3, -0.25) is 0 Å². The van der Waals surface area contributed by atoms with E-state index in [1.165, 1.54) is 115 Å². The molecule has 1 heteroatoms. The highest BCUT2D eigenvalue weighted by atomic mass is 15.1. The zero-order valence-electron chi connectivity index (χ0n) is 34.5. The van der Waals surface area contributed by atoms with Crippen LogP contribution in [0.2, 0.25) is 0 Å². The first-order valence-electron chi connectivity index (χ1n) is 21.8. The van der Waals surface area contributed by atoms with Gasteiger partial charge in [-0.1, -0.05) is 188 Å². The first-order valence-corrected chi connectivity index (χ1v) is 21.8. The molecule has 12 aromatic rings. The van der Waals surface area contributed by atoms with Gasteiger partial charge < -0.3 is 4.90 Å². The molecule has 1 aliphatic heterocycles. The van der Waals surface area contributed by atoms with Crippen LogP contribution in [0.25, 0.3) is 109 Å². The van der Waals surface area contributed by atoms with Crippen LogP contribution in [0.3, 0.4) is 0 Å². The predicted molar refractivity (Wildman–Crippen MR) is 269 cm³/mol. The van der Waals surface area contributed by atoms with Crippen molar-refractivity contribution in [3.05, 3.63) is 237 Å². The lowest BCUT2D eigenvalue weighted by molar-refractivity contribution is 1.29. The summed E-state index contributed by atoms with van der Waals surface area (Å²) in [4.78, 5) is 2.44. The molecule has 12 aromatic carbocycles. The predicted octanol–water partition coefficient (Wildman–Crippen LogP) is 17.6. The lowest BCUT2D eigenvalue weighted by atomic mass is 9.88. The summed E-state index contributed by atoms with van der Waals surface area (Å²) < 4.78 is 0. The number of nitrogens with zero attached hydrogens (tertiary/aromatic N) is 1. The van der Waals surface area contributed by atoms with E-state index >= 15 is 0 Å². The van der Waals surface area contributed by atoms with Gasteiger partial charge in [0.15, 0.2) is 0 Å². The maximum absolute atomic E-state index is 2.44. The Labute approximate surface area is 366 Å². The molecular weight excluding hydrogens is 759 g/mol. The van der Waals surface area contributed by atoms with Crippen LogP contribution in [-0.4, -0.2) is 0 Å². The second-order valence-electron chi connectivity index (χ2n) is 16.8. The van der Waals surface area contributed by atoms with Gasteiger partial charge in [0, 0.05) is 16.8 Å². The smallest absolute Gasteiger partial charge is 0.0540 e. The van der Waals surface area contributed by atoms with Crippen LogP contribution < -0.4 is 4.90 Å². The zero-order chi connectivity index (χ0) is 41.4. The lowest BCUT2D eigenvalue weighted by Gasteiger charge is -2.27. The van der Waals surface area contributed by atoms with Gasteiger partial charge in [-0.2, -0.15) is 0 Å². The Morgan fingerprint density at radius 3 is 1.44 bits per heavy atom. The number of para-hydroxylation sites is 2. The van der Waals surface area contributed by atoms with Crippen LogP contribution in [0.15, 0.2) is 237 Å². The van der Waals surface area contributed by atoms with Crippen molar-refractivity contribution in [1.82, 2.24) is 0 Å². The van der Waals surface area contributed by atoms with E-state index in [9.17, 15) is 0 Å². The molecule has 0 atom stereocenters. The third-order valence-corrected chi connectivity index (χ3v) is 13.4. The fourth-order valence-corrected chi connectivity index (χ4v) is 10.4. The molecule has 0 spiro atoms. The van der Waals surface area contributed by atoms with Gasteiger partial charge >= 0.3 is 0 Å².